The Labute approximate surface area is 139 Å². The first-order valence-corrected chi connectivity index (χ1v) is 8.92. The average molecular weight is 356 g/mol. The molecule has 1 aromatic carbocycles. The standard InChI is InChI=1S/C16H18F2N2O3S/c1-3-14(12-10-11(17)7-8-13(12)18)20-24(21,22)16-15(23-4-2)6-5-9-19-16/h5-10,14,20H,3-4H2,1-2H3. The van der Waals surface area contributed by atoms with Crippen molar-refractivity contribution in [3.63, 3.8) is 0 Å². The van der Waals surface area contributed by atoms with Gasteiger partial charge in [-0.2, -0.15) is 0 Å². The first kappa shape index (κ1) is 18.3. The van der Waals surface area contributed by atoms with Crippen molar-refractivity contribution in [2.75, 3.05) is 6.61 Å². The van der Waals surface area contributed by atoms with Crippen molar-refractivity contribution in [2.24, 2.45) is 0 Å². The lowest BCUT2D eigenvalue weighted by atomic mass is 10.1. The van der Waals surface area contributed by atoms with Gasteiger partial charge in [-0.3, -0.25) is 0 Å². The van der Waals surface area contributed by atoms with Crippen molar-refractivity contribution in [1.82, 2.24) is 9.71 Å². The number of benzene rings is 1. The van der Waals surface area contributed by atoms with E-state index in [1.165, 1.54) is 12.3 Å². The van der Waals surface area contributed by atoms with E-state index in [9.17, 15) is 17.2 Å². The SMILES string of the molecule is CCOc1cccnc1S(=O)(=O)NC(CC)c1cc(F)ccc1F. The van der Waals surface area contributed by atoms with Crippen molar-refractivity contribution < 1.29 is 21.9 Å². The molecule has 1 unspecified atom stereocenters. The number of nitrogens with one attached hydrogen (secondary N) is 1. The molecular weight excluding hydrogens is 338 g/mol. The Morgan fingerprint density at radius 3 is 2.67 bits per heavy atom. The maximum atomic E-state index is 13.9. The van der Waals surface area contributed by atoms with Gasteiger partial charge in [-0.1, -0.05) is 6.92 Å². The number of pyridine rings is 1. The lowest BCUT2D eigenvalue weighted by Gasteiger charge is -2.19. The van der Waals surface area contributed by atoms with E-state index in [2.05, 4.69) is 9.71 Å². The van der Waals surface area contributed by atoms with E-state index < -0.39 is 27.7 Å². The minimum Gasteiger partial charge on any atom is -0.491 e. The minimum absolute atomic E-state index is 0.0602. The summed E-state index contributed by atoms with van der Waals surface area (Å²) in [6.45, 7) is 3.65. The fourth-order valence-corrected chi connectivity index (χ4v) is 3.61. The van der Waals surface area contributed by atoms with E-state index in [4.69, 9.17) is 4.74 Å². The molecule has 2 aromatic rings. The van der Waals surface area contributed by atoms with Gasteiger partial charge in [0.15, 0.2) is 5.75 Å². The summed E-state index contributed by atoms with van der Waals surface area (Å²) in [6.07, 6.45) is 1.55. The molecule has 24 heavy (non-hydrogen) atoms. The first-order valence-electron chi connectivity index (χ1n) is 7.44. The third-order valence-corrected chi connectivity index (χ3v) is 4.74. The highest BCUT2D eigenvalue weighted by Gasteiger charge is 2.26. The van der Waals surface area contributed by atoms with Crippen LogP contribution >= 0.6 is 0 Å². The average Bonchev–Trinajstić information content (AvgIpc) is 2.56. The van der Waals surface area contributed by atoms with Crippen molar-refractivity contribution >= 4 is 10.0 Å². The van der Waals surface area contributed by atoms with Gasteiger partial charge in [0.1, 0.15) is 11.6 Å². The van der Waals surface area contributed by atoms with Crippen molar-refractivity contribution in [2.45, 2.75) is 31.3 Å². The molecule has 1 heterocycles. The fraction of sp³-hybridized carbons (Fsp3) is 0.312. The normalized spacial score (nSPS) is 12.8. The van der Waals surface area contributed by atoms with Crippen molar-refractivity contribution in [3.8, 4) is 5.75 Å². The van der Waals surface area contributed by atoms with Crippen LogP contribution in [0.2, 0.25) is 0 Å². The number of aromatic nitrogens is 1. The second-order valence-corrected chi connectivity index (χ2v) is 6.62. The summed E-state index contributed by atoms with van der Waals surface area (Å²) in [7, 11) is -4.08. The Balaban J connectivity index is 2.38. The molecule has 0 saturated carbocycles. The minimum atomic E-state index is -4.08. The van der Waals surface area contributed by atoms with Gasteiger partial charge >= 0.3 is 0 Å². The molecule has 1 N–H and O–H groups in total. The molecule has 0 bridgehead atoms. The zero-order valence-corrected chi connectivity index (χ0v) is 14.1. The van der Waals surface area contributed by atoms with Crippen molar-refractivity contribution in [1.29, 1.82) is 0 Å². The molecule has 5 nitrogen and oxygen atoms in total. The number of sulfonamides is 1. The Kier molecular flexibility index (Phi) is 5.84. The zero-order valence-electron chi connectivity index (χ0n) is 13.3. The van der Waals surface area contributed by atoms with E-state index in [-0.39, 0.29) is 29.4 Å². The predicted molar refractivity (Wildman–Crippen MR) is 85.1 cm³/mol. The van der Waals surface area contributed by atoms with Gasteiger partial charge in [-0.25, -0.2) is 26.9 Å². The highest BCUT2D eigenvalue weighted by molar-refractivity contribution is 7.89. The highest BCUT2D eigenvalue weighted by Crippen LogP contribution is 2.26. The molecule has 0 radical (unpaired) electrons. The molecule has 8 heteroatoms. The molecule has 0 aliphatic carbocycles. The topological polar surface area (TPSA) is 68.3 Å². The number of ether oxygens (including phenoxy) is 1. The molecule has 0 amide bonds. The molecule has 130 valence electrons. The summed E-state index contributed by atoms with van der Waals surface area (Å²) in [4.78, 5) is 3.85. The summed E-state index contributed by atoms with van der Waals surface area (Å²) in [5, 5.41) is -0.290. The summed E-state index contributed by atoms with van der Waals surface area (Å²) in [6, 6.07) is 5.03. The van der Waals surface area contributed by atoms with Crippen LogP contribution in [0.5, 0.6) is 5.75 Å². The van der Waals surface area contributed by atoms with Gasteiger partial charge in [-0.15, -0.1) is 0 Å². The zero-order chi connectivity index (χ0) is 17.7. The van der Waals surface area contributed by atoms with Crippen LogP contribution in [0.15, 0.2) is 41.6 Å². The Morgan fingerprint density at radius 2 is 2.00 bits per heavy atom. The molecule has 0 saturated heterocycles. The molecule has 2 rings (SSSR count). The smallest absolute Gasteiger partial charge is 0.262 e. The van der Waals surface area contributed by atoms with Gasteiger partial charge in [0, 0.05) is 17.8 Å². The van der Waals surface area contributed by atoms with Crippen LogP contribution in [0.25, 0.3) is 0 Å². The third-order valence-electron chi connectivity index (χ3n) is 3.33. The third kappa shape index (κ3) is 4.07. The van der Waals surface area contributed by atoms with E-state index in [0.29, 0.717) is 0 Å². The second kappa shape index (κ2) is 7.67. The van der Waals surface area contributed by atoms with Crippen LogP contribution < -0.4 is 9.46 Å². The Hall–Kier alpha value is -2.06. The van der Waals surface area contributed by atoms with E-state index >= 15 is 0 Å². The quantitative estimate of drug-likeness (QED) is 0.827. The van der Waals surface area contributed by atoms with Crippen LogP contribution in [0, 0.1) is 11.6 Å². The highest BCUT2D eigenvalue weighted by atomic mass is 32.2. The summed E-state index contributed by atoms with van der Waals surface area (Å²) >= 11 is 0. The Morgan fingerprint density at radius 1 is 1.25 bits per heavy atom. The first-order chi connectivity index (χ1) is 11.4. The monoisotopic (exact) mass is 356 g/mol. The molecule has 0 fully saturated rings. The maximum absolute atomic E-state index is 13.9. The van der Waals surface area contributed by atoms with Gasteiger partial charge in [0.2, 0.25) is 5.03 Å². The van der Waals surface area contributed by atoms with E-state index in [1.807, 2.05) is 0 Å². The summed E-state index contributed by atoms with van der Waals surface area (Å²) in [5.41, 5.74) is -0.0602. The fourth-order valence-electron chi connectivity index (χ4n) is 2.23. The lowest BCUT2D eigenvalue weighted by Crippen LogP contribution is -2.30. The number of rotatable bonds is 7. The van der Waals surface area contributed by atoms with E-state index in [0.717, 1.165) is 18.2 Å². The maximum Gasteiger partial charge on any atom is 0.262 e. The number of halogens is 2. The van der Waals surface area contributed by atoms with Gasteiger partial charge in [0.25, 0.3) is 10.0 Å². The molecule has 0 spiro atoms. The largest absolute Gasteiger partial charge is 0.491 e. The van der Waals surface area contributed by atoms with Crippen LogP contribution in [-0.4, -0.2) is 20.0 Å². The molecule has 1 atom stereocenters. The van der Waals surface area contributed by atoms with Crippen LogP contribution in [0.1, 0.15) is 31.9 Å². The molecular formula is C16H18F2N2O3S. The second-order valence-electron chi connectivity index (χ2n) is 4.99. The van der Waals surface area contributed by atoms with Crippen LogP contribution in [0.4, 0.5) is 8.78 Å². The van der Waals surface area contributed by atoms with Crippen LogP contribution in [-0.2, 0) is 10.0 Å². The van der Waals surface area contributed by atoms with Gasteiger partial charge < -0.3 is 4.74 Å². The predicted octanol–water partition coefficient (Wildman–Crippen LogP) is 3.19. The number of hydrogen-bond donors (Lipinski definition) is 1. The van der Waals surface area contributed by atoms with Crippen molar-refractivity contribution in [3.05, 3.63) is 53.7 Å². The van der Waals surface area contributed by atoms with E-state index in [1.54, 1.807) is 19.9 Å². The molecule has 0 aliphatic rings. The van der Waals surface area contributed by atoms with Gasteiger partial charge in [0.05, 0.1) is 6.61 Å². The number of nitrogens with zero attached hydrogens (tertiary/aromatic N) is 1. The lowest BCUT2D eigenvalue weighted by molar-refractivity contribution is 0.327. The van der Waals surface area contributed by atoms with Crippen LogP contribution in [0.3, 0.4) is 0 Å². The molecule has 0 aliphatic heterocycles. The molecule has 1 aromatic heterocycles. The summed E-state index contributed by atoms with van der Waals surface area (Å²) < 4.78 is 60.2. The Bertz CT molecular complexity index is 813. The summed E-state index contributed by atoms with van der Waals surface area (Å²) in [5.74, 6) is -1.23. The number of hydrogen-bond acceptors (Lipinski definition) is 4. The van der Waals surface area contributed by atoms with Gasteiger partial charge in [-0.05, 0) is 43.7 Å².